The summed E-state index contributed by atoms with van der Waals surface area (Å²) < 4.78 is 10.3. The molecule has 1 aliphatic carbocycles. The molecule has 18 heavy (non-hydrogen) atoms. The van der Waals surface area contributed by atoms with Crippen molar-refractivity contribution in [2.45, 2.75) is 18.8 Å². The molecule has 0 amide bonds. The Hall–Kier alpha value is -2.29. The van der Waals surface area contributed by atoms with Crippen LogP contribution in [0.1, 0.15) is 6.92 Å². The van der Waals surface area contributed by atoms with Crippen LogP contribution in [0.5, 0.6) is 0 Å². The van der Waals surface area contributed by atoms with Crippen molar-refractivity contribution >= 4 is 5.90 Å². The number of rotatable bonds is 3. The molecule has 0 saturated heterocycles. The number of aliphatic imine (C=N–C) groups is 1. The van der Waals surface area contributed by atoms with E-state index in [4.69, 9.17) is 9.47 Å². The predicted octanol–water partition coefficient (Wildman–Crippen LogP) is 0.481. The molecule has 9 heteroatoms. The van der Waals surface area contributed by atoms with Gasteiger partial charge in [-0.1, -0.05) is 0 Å². The number of methoxy groups -OCH3 is 1. The minimum absolute atomic E-state index is 0.0263. The second-order valence-electron chi connectivity index (χ2n) is 3.69. The first-order chi connectivity index (χ1) is 8.40. The maximum Gasteiger partial charge on any atom is 0.348 e. The van der Waals surface area contributed by atoms with Crippen molar-refractivity contribution in [2.75, 3.05) is 7.11 Å². The van der Waals surface area contributed by atoms with Crippen LogP contribution >= 0.6 is 0 Å². The van der Waals surface area contributed by atoms with Gasteiger partial charge in [-0.15, -0.1) is 0 Å². The fourth-order valence-corrected chi connectivity index (χ4v) is 1.89. The molecular weight excluding hydrogens is 246 g/mol. The third kappa shape index (κ3) is 1.56. The summed E-state index contributed by atoms with van der Waals surface area (Å²) in [4.78, 5) is 24.2. The number of hydrogen-bond acceptors (Lipinski definition) is 7. The van der Waals surface area contributed by atoms with E-state index in [9.17, 15) is 20.2 Å². The van der Waals surface area contributed by atoms with Gasteiger partial charge in [0.05, 0.1) is 11.0 Å². The normalized spacial score (nSPS) is 29.7. The van der Waals surface area contributed by atoms with Crippen LogP contribution in [-0.2, 0) is 9.47 Å². The lowest BCUT2D eigenvalue weighted by molar-refractivity contribution is -0.504. The van der Waals surface area contributed by atoms with Crippen LogP contribution < -0.4 is 0 Å². The molecule has 96 valence electrons. The Labute approximate surface area is 101 Å². The molecule has 2 rings (SSSR count). The number of nitrogens with zero attached hydrogens (tertiary/aromatic N) is 3. The van der Waals surface area contributed by atoms with E-state index in [1.807, 2.05) is 0 Å². The molecule has 2 aliphatic rings. The molecule has 0 aromatic rings. The van der Waals surface area contributed by atoms with Crippen LogP contribution in [0.3, 0.4) is 0 Å². The summed E-state index contributed by atoms with van der Waals surface area (Å²) in [5.74, 6) is -1.63. The second-order valence-corrected chi connectivity index (χ2v) is 3.69. The third-order valence-electron chi connectivity index (χ3n) is 2.63. The lowest BCUT2D eigenvalue weighted by Gasteiger charge is -2.26. The summed E-state index contributed by atoms with van der Waals surface area (Å²) in [6.07, 6.45) is 2.06. The first-order valence-corrected chi connectivity index (χ1v) is 4.92. The molecule has 1 heterocycles. The molecule has 9 nitrogen and oxygen atoms in total. The maximum atomic E-state index is 11.0. The molecular formula is C9H9N3O6. The Bertz CT molecular complexity index is 522. The lowest BCUT2D eigenvalue weighted by Crippen LogP contribution is -2.43. The van der Waals surface area contributed by atoms with Gasteiger partial charge in [-0.2, -0.15) is 0 Å². The monoisotopic (exact) mass is 255 g/mol. The Morgan fingerprint density at radius 2 is 2.11 bits per heavy atom. The second kappa shape index (κ2) is 3.88. The van der Waals surface area contributed by atoms with Gasteiger partial charge in [-0.05, 0) is 0 Å². The summed E-state index contributed by atoms with van der Waals surface area (Å²) in [5, 5.41) is 21.8. The molecule has 1 aliphatic heterocycles. The van der Waals surface area contributed by atoms with E-state index in [-0.39, 0.29) is 11.6 Å². The summed E-state index contributed by atoms with van der Waals surface area (Å²) in [7, 11) is 1.21. The highest BCUT2D eigenvalue weighted by Crippen LogP contribution is 2.40. The summed E-state index contributed by atoms with van der Waals surface area (Å²) in [6, 6.07) is -1.32. The minimum atomic E-state index is -1.78. The molecule has 0 bridgehead atoms. The molecule has 0 aromatic carbocycles. The van der Waals surface area contributed by atoms with Gasteiger partial charge in [0.2, 0.25) is 0 Å². The fraction of sp³-hybridized carbons (Fsp3) is 0.444. The molecule has 0 N–H and O–H groups in total. The Balaban J connectivity index is 2.57. The zero-order valence-electron chi connectivity index (χ0n) is 9.52. The van der Waals surface area contributed by atoms with Crippen molar-refractivity contribution in [3.05, 3.63) is 43.8 Å². The van der Waals surface area contributed by atoms with Crippen LogP contribution in [-0.4, -0.2) is 34.7 Å². The number of hydrogen-bond donors (Lipinski definition) is 0. The van der Waals surface area contributed by atoms with Gasteiger partial charge >= 0.3 is 11.5 Å². The van der Waals surface area contributed by atoms with Gasteiger partial charge in [0, 0.05) is 25.0 Å². The van der Waals surface area contributed by atoms with E-state index in [0.717, 1.165) is 6.08 Å². The van der Waals surface area contributed by atoms with E-state index in [0.29, 0.717) is 0 Å². The topological polar surface area (TPSA) is 117 Å². The van der Waals surface area contributed by atoms with Gasteiger partial charge in [-0.3, -0.25) is 20.2 Å². The number of nitro groups is 2. The van der Waals surface area contributed by atoms with Crippen molar-refractivity contribution in [3.63, 3.8) is 0 Å². The lowest BCUT2D eigenvalue weighted by atomic mass is 9.99. The van der Waals surface area contributed by atoms with E-state index >= 15 is 0 Å². The summed E-state index contributed by atoms with van der Waals surface area (Å²) >= 11 is 0. The third-order valence-corrected chi connectivity index (χ3v) is 2.63. The van der Waals surface area contributed by atoms with Crippen molar-refractivity contribution < 1.29 is 19.3 Å². The van der Waals surface area contributed by atoms with Crippen LogP contribution in [0.4, 0.5) is 0 Å². The van der Waals surface area contributed by atoms with Gasteiger partial charge in [-0.25, -0.2) is 4.99 Å². The van der Waals surface area contributed by atoms with Gasteiger partial charge in [0.25, 0.3) is 6.04 Å². The minimum Gasteiger partial charge on any atom is -0.434 e. The number of ether oxygens (including phenoxy) is 2. The quantitative estimate of drug-likeness (QED) is 0.534. The van der Waals surface area contributed by atoms with E-state index < -0.39 is 27.4 Å². The highest BCUT2D eigenvalue weighted by molar-refractivity contribution is 5.78. The van der Waals surface area contributed by atoms with Gasteiger partial charge in [0.1, 0.15) is 5.70 Å². The Kier molecular flexibility index (Phi) is 2.62. The van der Waals surface area contributed by atoms with Crippen LogP contribution in [0.2, 0.25) is 0 Å². The zero-order valence-corrected chi connectivity index (χ0v) is 9.52. The van der Waals surface area contributed by atoms with Crippen molar-refractivity contribution in [3.8, 4) is 0 Å². The van der Waals surface area contributed by atoms with Crippen LogP contribution in [0.25, 0.3) is 0 Å². The van der Waals surface area contributed by atoms with Crippen molar-refractivity contribution in [2.24, 2.45) is 4.99 Å². The predicted molar refractivity (Wildman–Crippen MR) is 57.9 cm³/mol. The SMILES string of the molecule is CO[C@@]12OC(C)=NC1=C[C@@H]([N+](=O)[O-])C=C2[N+](=O)[O-]. The molecule has 0 fully saturated rings. The highest BCUT2D eigenvalue weighted by Gasteiger charge is 2.57. The molecule has 0 saturated carbocycles. The maximum absolute atomic E-state index is 11.0. The number of fused-ring (bicyclic) bond motifs is 1. The largest absolute Gasteiger partial charge is 0.434 e. The smallest absolute Gasteiger partial charge is 0.348 e. The first kappa shape index (κ1) is 12.2. The molecule has 0 unspecified atom stereocenters. The average Bonchev–Trinajstić information content (AvgIpc) is 2.63. The molecule has 2 atom stereocenters. The van der Waals surface area contributed by atoms with Crippen LogP contribution in [0.15, 0.2) is 28.5 Å². The van der Waals surface area contributed by atoms with Crippen molar-refractivity contribution in [1.29, 1.82) is 0 Å². The van der Waals surface area contributed by atoms with E-state index in [1.165, 1.54) is 20.1 Å². The zero-order chi connectivity index (χ0) is 13.5. The molecule has 0 aromatic heterocycles. The summed E-state index contributed by atoms with van der Waals surface area (Å²) in [6.45, 7) is 1.48. The molecule has 0 radical (unpaired) electrons. The summed E-state index contributed by atoms with van der Waals surface area (Å²) in [5.41, 5.74) is -0.511. The average molecular weight is 255 g/mol. The van der Waals surface area contributed by atoms with Crippen LogP contribution in [0, 0.1) is 20.2 Å². The van der Waals surface area contributed by atoms with Gasteiger partial charge < -0.3 is 9.47 Å². The fourth-order valence-electron chi connectivity index (χ4n) is 1.89. The standard InChI is InChI=1S/C9H9N3O6/c1-5-10-7-3-6(11(13)14)4-8(12(15)16)9(7,17-2)18-5/h3-4,6H,1-2H3/t6-,9-/m1/s1. The molecule has 0 spiro atoms. The van der Waals surface area contributed by atoms with E-state index in [1.54, 1.807) is 0 Å². The van der Waals surface area contributed by atoms with Gasteiger partial charge in [0.15, 0.2) is 5.90 Å². The first-order valence-electron chi connectivity index (χ1n) is 4.92. The van der Waals surface area contributed by atoms with Crippen molar-refractivity contribution in [1.82, 2.24) is 0 Å². The Morgan fingerprint density at radius 1 is 1.44 bits per heavy atom. The highest BCUT2D eigenvalue weighted by atomic mass is 16.7. The van der Waals surface area contributed by atoms with E-state index in [2.05, 4.69) is 4.99 Å². The Morgan fingerprint density at radius 3 is 2.61 bits per heavy atom.